The van der Waals surface area contributed by atoms with Gasteiger partial charge in [0.2, 0.25) is 9.84 Å². The standard InChI is InChI=1S/C43H38N2O4S/c1-3-10-31-15-20-35(21-16-31)44(33-11-6-4-7-12-33)37-24-26-39-40-27-25-38(30-42(40)50(47,48)41(39)29-37)45(34-13-8-5-9-14-34)36-22-17-32(18-23-36)19-28-43(46)49-2/h4-9,11-18,20-27,29-30H,3,10,19,28H2,1-2H3. The predicted molar refractivity (Wildman–Crippen MR) is 201 cm³/mol. The van der Waals surface area contributed by atoms with Crippen LogP contribution >= 0.6 is 0 Å². The molecular weight excluding hydrogens is 641 g/mol. The fourth-order valence-electron chi connectivity index (χ4n) is 6.62. The SMILES string of the molecule is CCCc1ccc(N(c2ccccc2)c2ccc3c(c2)S(=O)(=O)c2cc(N(c4ccccc4)c4ccc(CCC(=O)OC)cc4)ccc2-3)cc1. The Morgan fingerprint density at radius 3 is 1.36 bits per heavy atom. The van der Waals surface area contributed by atoms with Crippen LogP contribution in [0, 0.1) is 0 Å². The molecule has 0 atom stereocenters. The quantitative estimate of drug-likeness (QED) is 0.127. The average Bonchev–Trinajstić information content (AvgIpc) is 3.38. The van der Waals surface area contributed by atoms with Crippen LogP contribution in [0.5, 0.6) is 0 Å². The van der Waals surface area contributed by atoms with Crippen LogP contribution in [0.2, 0.25) is 0 Å². The van der Waals surface area contributed by atoms with E-state index >= 15 is 0 Å². The molecule has 0 amide bonds. The number of nitrogens with zero attached hydrogens (tertiary/aromatic N) is 2. The zero-order valence-corrected chi connectivity index (χ0v) is 28.9. The molecule has 1 aliphatic heterocycles. The molecule has 0 aromatic heterocycles. The van der Waals surface area contributed by atoms with Gasteiger partial charge in [-0.15, -0.1) is 0 Å². The Labute approximate surface area is 294 Å². The number of sulfone groups is 1. The van der Waals surface area contributed by atoms with Gasteiger partial charge in [0, 0.05) is 51.7 Å². The first-order chi connectivity index (χ1) is 24.4. The van der Waals surface area contributed by atoms with Gasteiger partial charge < -0.3 is 14.5 Å². The van der Waals surface area contributed by atoms with Crippen molar-refractivity contribution in [2.45, 2.75) is 42.4 Å². The highest BCUT2D eigenvalue weighted by molar-refractivity contribution is 7.92. The molecule has 6 nitrogen and oxygen atoms in total. The van der Waals surface area contributed by atoms with E-state index in [1.54, 1.807) is 12.1 Å². The molecule has 0 radical (unpaired) electrons. The Balaban J connectivity index is 1.27. The number of carbonyl (C=O) groups is 1. The Morgan fingerprint density at radius 2 is 0.940 bits per heavy atom. The van der Waals surface area contributed by atoms with Crippen LogP contribution in [0.4, 0.5) is 34.1 Å². The van der Waals surface area contributed by atoms with Crippen LogP contribution < -0.4 is 9.80 Å². The van der Waals surface area contributed by atoms with E-state index in [0.29, 0.717) is 28.9 Å². The summed E-state index contributed by atoms with van der Waals surface area (Å²) in [4.78, 5) is 16.4. The number of hydrogen-bond acceptors (Lipinski definition) is 6. The second-order valence-electron chi connectivity index (χ2n) is 12.4. The first-order valence-electron chi connectivity index (χ1n) is 16.9. The number of aryl methyl sites for hydroxylation is 2. The third-order valence-corrected chi connectivity index (χ3v) is 11.0. The summed E-state index contributed by atoms with van der Waals surface area (Å²) in [6.45, 7) is 2.17. The van der Waals surface area contributed by atoms with E-state index in [1.807, 2.05) is 114 Å². The monoisotopic (exact) mass is 678 g/mol. The van der Waals surface area contributed by atoms with E-state index < -0.39 is 9.84 Å². The number of carbonyl (C=O) groups excluding carboxylic acids is 1. The molecule has 0 N–H and O–H groups in total. The number of fused-ring (bicyclic) bond motifs is 3. The molecule has 7 rings (SSSR count). The van der Waals surface area contributed by atoms with Gasteiger partial charge in [-0.3, -0.25) is 4.79 Å². The molecule has 6 aromatic carbocycles. The van der Waals surface area contributed by atoms with Crippen LogP contribution in [0.15, 0.2) is 155 Å². The highest BCUT2D eigenvalue weighted by Crippen LogP contribution is 2.48. The maximum atomic E-state index is 14.4. The molecule has 0 fully saturated rings. The van der Waals surface area contributed by atoms with Gasteiger partial charge >= 0.3 is 5.97 Å². The molecule has 0 saturated carbocycles. The second kappa shape index (κ2) is 14.1. The Bertz CT molecular complexity index is 2240. The minimum atomic E-state index is -3.84. The van der Waals surface area contributed by atoms with Crippen molar-refractivity contribution < 1.29 is 17.9 Å². The molecule has 50 heavy (non-hydrogen) atoms. The molecular formula is C43H38N2O4S. The fourth-order valence-corrected chi connectivity index (χ4v) is 8.34. The van der Waals surface area contributed by atoms with Crippen molar-refractivity contribution in [3.05, 3.63) is 157 Å². The number of anilines is 6. The lowest BCUT2D eigenvalue weighted by atomic mass is 10.0. The van der Waals surface area contributed by atoms with Gasteiger partial charge in [0.25, 0.3) is 0 Å². The number of hydrogen-bond donors (Lipinski definition) is 0. The summed E-state index contributed by atoms with van der Waals surface area (Å²) in [5.41, 5.74) is 8.84. The van der Waals surface area contributed by atoms with E-state index in [4.69, 9.17) is 4.74 Å². The van der Waals surface area contributed by atoms with Gasteiger partial charge in [0.15, 0.2) is 0 Å². The Hall–Kier alpha value is -5.66. The van der Waals surface area contributed by atoms with E-state index in [0.717, 1.165) is 52.5 Å². The summed E-state index contributed by atoms with van der Waals surface area (Å²) in [7, 11) is -2.45. The van der Waals surface area contributed by atoms with Crippen molar-refractivity contribution in [3.63, 3.8) is 0 Å². The van der Waals surface area contributed by atoms with Gasteiger partial charge in [-0.1, -0.05) is 86.1 Å². The predicted octanol–water partition coefficient (Wildman–Crippen LogP) is 10.5. The summed E-state index contributed by atoms with van der Waals surface area (Å²) < 4.78 is 33.6. The third-order valence-electron chi connectivity index (χ3n) is 9.12. The maximum absolute atomic E-state index is 14.4. The van der Waals surface area contributed by atoms with E-state index in [1.165, 1.54) is 12.7 Å². The van der Waals surface area contributed by atoms with Gasteiger partial charge in [-0.25, -0.2) is 8.42 Å². The van der Waals surface area contributed by atoms with Crippen molar-refractivity contribution in [2.24, 2.45) is 0 Å². The highest BCUT2D eigenvalue weighted by Gasteiger charge is 2.35. The average molecular weight is 679 g/mol. The highest BCUT2D eigenvalue weighted by atomic mass is 32.2. The molecule has 0 spiro atoms. The molecule has 0 bridgehead atoms. The minimum absolute atomic E-state index is 0.249. The van der Waals surface area contributed by atoms with E-state index in [9.17, 15) is 13.2 Å². The van der Waals surface area contributed by atoms with Crippen LogP contribution in [-0.4, -0.2) is 21.5 Å². The van der Waals surface area contributed by atoms with E-state index in [-0.39, 0.29) is 10.9 Å². The summed E-state index contributed by atoms with van der Waals surface area (Å²) in [5.74, 6) is -0.249. The Kier molecular flexibility index (Phi) is 9.24. The van der Waals surface area contributed by atoms with Crippen molar-refractivity contribution in [1.82, 2.24) is 0 Å². The number of methoxy groups -OCH3 is 1. The lowest BCUT2D eigenvalue weighted by Gasteiger charge is -2.26. The van der Waals surface area contributed by atoms with Crippen LogP contribution in [-0.2, 0) is 32.2 Å². The smallest absolute Gasteiger partial charge is 0.305 e. The molecule has 6 aromatic rings. The fraction of sp³-hybridized carbons (Fsp3) is 0.140. The lowest BCUT2D eigenvalue weighted by Crippen LogP contribution is -2.11. The van der Waals surface area contributed by atoms with Crippen LogP contribution in [0.3, 0.4) is 0 Å². The van der Waals surface area contributed by atoms with Gasteiger partial charge in [-0.2, -0.15) is 0 Å². The van der Waals surface area contributed by atoms with Crippen molar-refractivity contribution in [3.8, 4) is 11.1 Å². The van der Waals surface area contributed by atoms with Crippen LogP contribution in [0.1, 0.15) is 30.9 Å². The largest absolute Gasteiger partial charge is 0.469 e. The summed E-state index contributed by atoms with van der Waals surface area (Å²) in [6.07, 6.45) is 2.95. The van der Waals surface area contributed by atoms with Gasteiger partial charge in [0.05, 0.1) is 16.9 Å². The molecule has 250 valence electrons. The van der Waals surface area contributed by atoms with Crippen molar-refractivity contribution in [2.75, 3.05) is 16.9 Å². The first-order valence-corrected chi connectivity index (χ1v) is 18.3. The molecule has 0 aliphatic carbocycles. The summed E-state index contributed by atoms with van der Waals surface area (Å²) in [5, 5.41) is 0. The normalized spacial score (nSPS) is 12.5. The second-order valence-corrected chi connectivity index (χ2v) is 14.3. The number of esters is 1. The maximum Gasteiger partial charge on any atom is 0.305 e. The number of rotatable bonds is 11. The summed E-state index contributed by atoms with van der Waals surface area (Å²) in [6, 6.07) is 47.8. The minimum Gasteiger partial charge on any atom is -0.469 e. The molecule has 7 heteroatoms. The molecule has 1 aliphatic rings. The van der Waals surface area contributed by atoms with Crippen molar-refractivity contribution in [1.29, 1.82) is 0 Å². The number of ether oxygens (including phenoxy) is 1. The molecule has 1 heterocycles. The van der Waals surface area contributed by atoms with Crippen LogP contribution in [0.25, 0.3) is 11.1 Å². The number of benzene rings is 6. The third kappa shape index (κ3) is 6.40. The first kappa shape index (κ1) is 32.9. The lowest BCUT2D eigenvalue weighted by molar-refractivity contribution is -0.140. The zero-order valence-electron chi connectivity index (χ0n) is 28.1. The number of para-hydroxylation sites is 2. The topological polar surface area (TPSA) is 66.9 Å². The molecule has 0 saturated heterocycles. The van der Waals surface area contributed by atoms with Crippen molar-refractivity contribution >= 4 is 49.9 Å². The Morgan fingerprint density at radius 1 is 0.540 bits per heavy atom. The van der Waals surface area contributed by atoms with E-state index in [2.05, 4.69) is 36.1 Å². The van der Waals surface area contributed by atoms with Gasteiger partial charge in [-0.05, 0) is 96.8 Å². The summed E-state index contributed by atoms with van der Waals surface area (Å²) >= 11 is 0. The van der Waals surface area contributed by atoms with Gasteiger partial charge in [0.1, 0.15) is 0 Å². The zero-order chi connectivity index (χ0) is 34.7. The molecule has 0 unspecified atom stereocenters.